The number of likely N-dealkylation sites (tertiary alicyclic amines) is 1. The van der Waals surface area contributed by atoms with Gasteiger partial charge in [-0.05, 0) is 43.9 Å². The Kier molecular flexibility index (Phi) is 5.75. The van der Waals surface area contributed by atoms with Gasteiger partial charge in [0, 0.05) is 26.2 Å². The standard InChI is InChI=1S/C16H31N3O2S/c1-4-16(5-2)8-9-19(13-16)15(17-6-3)18-11-14-7-10-22(20,21)12-14/h14H,4-13H2,1-3H3,(H,17,18). The Hall–Kier alpha value is -0.780. The summed E-state index contributed by atoms with van der Waals surface area (Å²) < 4.78 is 23.1. The van der Waals surface area contributed by atoms with E-state index in [0.29, 0.717) is 23.5 Å². The Morgan fingerprint density at radius 2 is 2.05 bits per heavy atom. The summed E-state index contributed by atoms with van der Waals surface area (Å²) in [5.41, 5.74) is 0.424. The predicted molar refractivity (Wildman–Crippen MR) is 91.9 cm³/mol. The summed E-state index contributed by atoms with van der Waals surface area (Å²) in [5.74, 6) is 1.81. The number of nitrogens with zero attached hydrogens (tertiary/aromatic N) is 2. The summed E-state index contributed by atoms with van der Waals surface area (Å²) in [6.07, 6.45) is 4.40. The Morgan fingerprint density at radius 1 is 1.32 bits per heavy atom. The molecular formula is C16H31N3O2S. The summed E-state index contributed by atoms with van der Waals surface area (Å²) in [7, 11) is -2.80. The molecule has 2 aliphatic heterocycles. The minimum atomic E-state index is -2.80. The first-order valence-electron chi connectivity index (χ1n) is 8.67. The third-order valence-corrected chi connectivity index (χ3v) is 7.24. The SMILES string of the molecule is CCNC(=NCC1CCS(=O)(=O)C1)N1CCC(CC)(CC)C1. The van der Waals surface area contributed by atoms with Crippen LogP contribution in [0.3, 0.4) is 0 Å². The molecule has 0 aromatic heterocycles. The molecule has 1 atom stereocenters. The highest BCUT2D eigenvalue weighted by Crippen LogP contribution is 2.36. The lowest BCUT2D eigenvalue weighted by atomic mass is 9.82. The van der Waals surface area contributed by atoms with Gasteiger partial charge in [0.15, 0.2) is 15.8 Å². The van der Waals surface area contributed by atoms with Gasteiger partial charge >= 0.3 is 0 Å². The topological polar surface area (TPSA) is 61.8 Å². The van der Waals surface area contributed by atoms with E-state index in [-0.39, 0.29) is 5.92 Å². The first-order chi connectivity index (χ1) is 10.4. The Bertz CT molecular complexity index is 498. The van der Waals surface area contributed by atoms with Gasteiger partial charge in [0.05, 0.1) is 11.5 Å². The van der Waals surface area contributed by atoms with E-state index in [9.17, 15) is 8.42 Å². The number of rotatable bonds is 5. The molecule has 0 spiro atoms. The van der Waals surface area contributed by atoms with Crippen molar-refractivity contribution in [1.82, 2.24) is 10.2 Å². The maximum absolute atomic E-state index is 11.6. The largest absolute Gasteiger partial charge is 0.357 e. The van der Waals surface area contributed by atoms with Crippen molar-refractivity contribution in [2.75, 3.05) is 37.7 Å². The van der Waals surface area contributed by atoms with Crippen molar-refractivity contribution in [3.8, 4) is 0 Å². The number of aliphatic imine (C=N–C) groups is 1. The average molecular weight is 330 g/mol. The highest BCUT2D eigenvalue weighted by atomic mass is 32.2. The second-order valence-electron chi connectivity index (χ2n) is 6.84. The van der Waals surface area contributed by atoms with Gasteiger partial charge in [-0.2, -0.15) is 0 Å². The number of sulfone groups is 1. The molecule has 22 heavy (non-hydrogen) atoms. The summed E-state index contributed by atoms with van der Waals surface area (Å²) >= 11 is 0. The molecule has 0 amide bonds. The van der Waals surface area contributed by atoms with Gasteiger partial charge in [-0.1, -0.05) is 13.8 Å². The quantitative estimate of drug-likeness (QED) is 0.618. The van der Waals surface area contributed by atoms with Crippen LogP contribution in [0.15, 0.2) is 4.99 Å². The Morgan fingerprint density at radius 3 is 2.55 bits per heavy atom. The normalized spacial score (nSPS) is 27.3. The summed E-state index contributed by atoms with van der Waals surface area (Å²) in [5, 5.41) is 3.38. The zero-order valence-corrected chi connectivity index (χ0v) is 15.1. The maximum Gasteiger partial charge on any atom is 0.193 e. The van der Waals surface area contributed by atoms with E-state index < -0.39 is 9.84 Å². The minimum Gasteiger partial charge on any atom is -0.357 e. The van der Waals surface area contributed by atoms with Crippen LogP contribution in [0.2, 0.25) is 0 Å². The summed E-state index contributed by atoms with van der Waals surface area (Å²) in [6, 6.07) is 0. The van der Waals surface area contributed by atoms with Crippen LogP contribution in [0.4, 0.5) is 0 Å². The number of nitrogens with one attached hydrogen (secondary N) is 1. The van der Waals surface area contributed by atoms with Crippen molar-refractivity contribution < 1.29 is 8.42 Å². The zero-order chi connectivity index (χ0) is 16.2. The fourth-order valence-corrected chi connectivity index (χ4v) is 5.45. The van der Waals surface area contributed by atoms with Gasteiger partial charge < -0.3 is 10.2 Å². The molecule has 2 rings (SSSR count). The monoisotopic (exact) mass is 329 g/mol. The molecule has 128 valence electrons. The fourth-order valence-electron chi connectivity index (χ4n) is 3.60. The molecule has 2 saturated heterocycles. The highest BCUT2D eigenvalue weighted by molar-refractivity contribution is 7.91. The summed E-state index contributed by atoms with van der Waals surface area (Å²) in [4.78, 5) is 7.11. The van der Waals surface area contributed by atoms with E-state index in [0.717, 1.165) is 32.0 Å². The third-order valence-electron chi connectivity index (χ3n) is 5.40. The molecule has 0 aromatic rings. The van der Waals surface area contributed by atoms with Crippen molar-refractivity contribution in [2.45, 2.75) is 46.5 Å². The number of hydrogen-bond acceptors (Lipinski definition) is 3. The van der Waals surface area contributed by atoms with E-state index in [2.05, 4.69) is 31.0 Å². The molecular weight excluding hydrogens is 298 g/mol. The van der Waals surface area contributed by atoms with Crippen LogP contribution in [0, 0.1) is 11.3 Å². The van der Waals surface area contributed by atoms with Crippen LogP contribution >= 0.6 is 0 Å². The van der Waals surface area contributed by atoms with Gasteiger partial charge in [-0.25, -0.2) is 8.42 Å². The lowest BCUT2D eigenvalue weighted by Gasteiger charge is -2.28. The molecule has 0 bridgehead atoms. The molecule has 0 aliphatic carbocycles. The summed E-state index contributed by atoms with van der Waals surface area (Å²) in [6.45, 7) is 10.2. The average Bonchev–Trinajstić information content (AvgIpc) is 3.07. The van der Waals surface area contributed by atoms with E-state index in [1.807, 2.05) is 0 Å². The van der Waals surface area contributed by atoms with E-state index in [4.69, 9.17) is 4.99 Å². The van der Waals surface area contributed by atoms with Gasteiger partial charge in [-0.3, -0.25) is 4.99 Å². The first-order valence-corrected chi connectivity index (χ1v) is 10.5. The molecule has 0 radical (unpaired) electrons. The van der Waals surface area contributed by atoms with E-state index in [1.165, 1.54) is 19.3 Å². The second-order valence-corrected chi connectivity index (χ2v) is 9.07. The molecule has 0 aromatic carbocycles. The van der Waals surface area contributed by atoms with Crippen LogP contribution < -0.4 is 5.32 Å². The lowest BCUT2D eigenvalue weighted by Crippen LogP contribution is -2.41. The Balaban J connectivity index is 1.99. The van der Waals surface area contributed by atoms with E-state index >= 15 is 0 Å². The molecule has 0 saturated carbocycles. The molecule has 5 nitrogen and oxygen atoms in total. The lowest BCUT2D eigenvalue weighted by molar-refractivity contribution is 0.276. The molecule has 6 heteroatoms. The van der Waals surface area contributed by atoms with Crippen LogP contribution in [0.1, 0.15) is 46.5 Å². The fraction of sp³-hybridized carbons (Fsp3) is 0.938. The Labute approximate surface area is 135 Å². The van der Waals surface area contributed by atoms with E-state index in [1.54, 1.807) is 0 Å². The van der Waals surface area contributed by atoms with Crippen LogP contribution in [-0.2, 0) is 9.84 Å². The smallest absolute Gasteiger partial charge is 0.193 e. The van der Waals surface area contributed by atoms with Crippen molar-refractivity contribution >= 4 is 15.8 Å². The molecule has 2 aliphatic rings. The predicted octanol–water partition coefficient (Wildman–Crippen LogP) is 1.90. The first kappa shape index (κ1) is 17.6. The second kappa shape index (κ2) is 7.20. The highest BCUT2D eigenvalue weighted by Gasteiger charge is 2.36. The molecule has 2 heterocycles. The van der Waals surface area contributed by atoms with Gasteiger partial charge in [0.25, 0.3) is 0 Å². The van der Waals surface area contributed by atoms with Gasteiger partial charge in [0.2, 0.25) is 0 Å². The van der Waals surface area contributed by atoms with Crippen LogP contribution in [0.25, 0.3) is 0 Å². The van der Waals surface area contributed by atoms with Crippen molar-refractivity contribution in [1.29, 1.82) is 0 Å². The minimum absolute atomic E-state index is 0.198. The van der Waals surface area contributed by atoms with Crippen molar-refractivity contribution in [3.05, 3.63) is 0 Å². The van der Waals surface area contributed by atoms with Crippen LogP contribution in [0.5, 0.6) is 0 Å². The molecule has 1 N–H and O–H groups in total. The van der Waals surface area contributed by atoms with Crippen molar-refractivity contribution in [3.63, 3.8) is 0 Å². The number of guanidine groups is 1. The molecule has 1 unspecified atom stereocenters. The van der Waals surface area contributed by atoms with Gasteiger partial charge in [0.1, 0.15) is 0 Å². The maximum atomic E-state index is 11.6. The van der Waals surface area contributed by atoms with Crippen LogP contribution in [-0.4, -0.2) is 57.0 Å². The van der Waals surface area contributed by atoms with Gasteiger partial charge in [-0.15, -0.1) is 0 Å². The zero-order valence-electron chi connectivity index (χ0n) is 14.3. The number of hydrogen-bond donors (Lipinski definition) is 1. The van der Waals surface area contributed by atoms with Crippen molar-refractivity contribution in [2.24, 2.45) is 16.3 Å². The molecule has 2 fully saturated rings. The third kappa shape index (κ3) is 4.15.